The Labute approximate surface area is 146 Å². The van der Waals surface area contributed by atoms with Crippen LogP contribution in [0.25, 0.3) is 6.08 Å². The molecule has 4 nitrogen and oxygen atoms in total. The summed E-state index contributed by atoms with van der Waals surface area (Å²) in [4.78, 5) is 23.4. The SMILES string of the molecule is O=C(CCNC(=O)c1ccc(Cl)cc1)OC/C=C/c1ccccc1. The summed E-state index contributed by atoms with van der Waals surface area (Å²) in [5.41, 5.74) is 1.54. The normalized spacial score (nSPS) is 10.5. The summed E-state index contributed by atoms with van der Waals surface area (Å²) in [7, 11) is 0. The predicted octanol–water partition coefficient (Wildman–Crippen LogP) is 3.72. The number of carbonyl (C=O) groups is 2. The van der Waals surface area contributed by atoms with E-state index in [-0.39, 0.29) is 31.4 Å². The Bertz CT molecular complexity index is 696. The van der Waals surface area contributed by atoms with Gasteiger partial charge in [-0.3, -0.25) is 9.59 Å². The van der Waals surface area contributed by atoms with Gasteiger partial charge in [-0.25, -0.2) is 0 Å². The van der Waals surface area contributed by atoms with Gasteiger partial charge in [-0.1, -0.05) is 48.0 Å². The van der Waals surface area contributed by atoms with E-state index in [0.717, 1.165) is 5.56 Å². The fourth-order valence-electron chi connectivity index (χ4n) is 1.94. The van der Waals surface area contributed by atoms with Crippen molar-refractivity contribution in [2.75, 3.05) is 13.2 Å². The van der Waals surface area contributed by atoms with Crippen molar-refractivity contribution >= 4 is 29.6 Å². The second kappa shape index (κ2) is 9.53. The van der Waals surface area contributed by atoms with Crippen LogP contribution in [0.3, 0.4) is 0 Å². The van der Waals surface area contributed by atoms with Crippen molar-refractivity contribution in [3.05, 3.63) is 76.8 Å². The van der Waals surface area contributed by atoms with Crippen molar-refractivity contribution in [1.82, 2.24) is 5.32 Å². The highest BCUT2D eigenvalue weighted by atomic mass is 35.5. The summed E-state index contributed by atoms with van der Waals surface area (Å²) >= 11 is 5.76. The molecule has 5 heteroatoms. The number of ether oxygens (including phenoxy) is 1. The topological polar surface area (TPSA) is 55.4 Å². The van der Waals surface area contributed by atoms with Crippen LogP contribution in [-0.4, -0.2) is 25.0 Å². The van der Waals surface area contributed by atoms with Gasteiger partial charge in [0.25, 0.3) is 5.91 Å². The Morgan fingerprint density at radius 1 is 1.04 bits per heavy atom. The number of halogens is 1. The summed E-state index contributed by atoms with van der Waals surface area (Å²) < 4.78 is 5.07. The minimum Gasteiger partial charge on any atom is -0.461 e. The maximum Gasteiger partial charge on any atom is 0.307 e. The van der Waals surface area contributed by atoms with E-state index in [0.29, 0.717) is 10.6 Å². The molecule has 0 aliphatic heterocycles. The lowest BCUT2D eigenvalue weighted by molar-refractivity contribution is -0.142. The predicted molar refractivity (Wildman–Crippen MR) is 94.8 cm³/mol. The first-order valence-electron chi connectivity index (χ1n) is 7.56. The van der Waals surface area contributed by atoms with Crippen LogP contribution in [-0.2, 0) is 9.53 Å². The lowest BCUT2D eigenvalue weighted by Crippen LogP contribution is -2.26. The quantitative estimate of drug-likeness (QED) is 0.779. The minimum atomic E-state index is -0.357. The van der Waals surface area contributed by atoms with E-state index < -0.39 is 0 Å². The molecule has 0 saturated heterocycles. The number of amides is 1. The van der Waals surface area contributed by atoms with Crippen molar-refractivity contribution in [2.45, 2.75) is 6.42 Å². The van der Waals surface area contributed by atoms with E-state index in [2.05, 4.69) is 5.32 Å². The molecule has 0 unspecified atom stereocenters. The fourth-order valence-corrected chi connectivity index (χ4v) is 2.07. The van der Waals surface area contributed by atoms with Gasteiger partial charge >= 0.3 is 5.97 Å². The van der Waals surface area contributed by atoms with Gasteiger partial charge in [-0.05, 0) is 35.9 Å². The Kier molecular flexibility index (Phi) is 7.05. The van der Waals surface area contributed by atoms with Crippen molar-refractivity contribution < 1.29 is 14.3 Å². The second-order valence-electron chi connectivity index (χ2n) is 5.01. The third kappa shape index (κ3) is 6.26. The van der Waals surface area contributed by atoms with Crippen LogP contribution in [0.4, 0.5) is 0 Å². The van der Waals surface area contributed by atoms with Gasteiger partial charge in [0.2, 0.25) is 0 Å². The number of esters is 1. The number of hydrogen-bond acceptors (Lipinski definition) is 3. The molecule has 0 aromatic heterocycles. The Morgan fingerprint density at radius 2 is 1.75 bits per heavy atom. The summed E-state index contributed by atoms with van der Waals surface area (Å²) in [6.07, 6.45) is 3.79. The molecule has 0 aliphatic carbocycles. The maximum atomic E-state index is 11.8. The molecule has 2 aromatic carbocycles. The van der Waals surface area contributed by atoms with Gasteiger partial charge in [0.1, 0.15) is 6.61 Å². The Hall–Kier alpha value is -2.59. The van der Waals surface area contributed by atoms with Crippen LogP contribution in [0.2, 0.25) is 5.02 Å². The molecular formula is C19H18ClNO3. The van der Waals surface area contributed by atoms with Crippen LogP contribution in [0.1, 0.15) is 22.3 Å². The van der Waals surface area contributed by atoms with Crippen molar-refractivity contribution in [2.24, 2.45) is 0 Å². The molecule has 0 bridgehead atoms. The van der Waals surface area contributed by atoms with E-state index >= 15 is 0 Å². The fraction of sp³-hybridized carbons (Fsp3) is 0.158. The first-order chi connectivity index (χ1) is 11.6. The number of carbonyl (C=O) groups excluding carboxylic acids is 2. The molecule has 0 aliphatic rings. The first kappa shape index (κ1) is 17.8. The van der Waals surface area contributed by atoms with Crippen molar-refractivity contribution in [1.29, 1.82) is 0 Å². The zero-order valence-electron chi connectivity index (χ0n) is 13.1. The van der Waals surface area contributed by atoms with E-state index in [9.17, 15) is 9.59 Å². The minimum absolute atomic E-state index is 0.124. The lowest BCUT2D eigenvalue weighted by Gasteiger charge is -2.05. The summed E-state index contributed by atoms with van der Waals surface area (Å²) in [6.45, 7) is 0.432. The summed E-state index contributed by atoms with van der Waals surface area (Å²) in [5, 5.41) is 3.23. The van der Waals surface area contributed by atoms with E-state index in [1.54, 1.807) is 30.3 Å². The average molecular weight is 344 g/mol. The molecule has 0 spiro atoms. The third-order valence-electron chi connectivity index (χ3n) is 3.17. The largest absolute Gasteiger partial charge is 0.461 e. The summed E-state index contributed by atoms with van der Waals surface area (Å²) in [6, 6.07) is 16.3. The molecule has 1 amide bonds. The molecule has 24 heavy (non-hydrogen) atoms. The molecule has 124 valence electrons. The monoisotopic (exact) mass is 343 g/mol. The second-order valence-corrected chi connectivity index (χ2v) is 5.45. The number of rotatable bonds is 7. The zero-order chi connectivity index (χ0) is 17.2. The van der Waals surface area contributed by atoms with E-state index in [1.165, 1.54) is 0 Å². The standard InChI is InChI=1S/C19H18ClNO3/c20-17-10-8-16(9-11-17)19(23)21-13-12-18(22)24-14-4-7-15-5-2-1-3-6-15/h1-11H,12-14H2,(H,21,23)/b7-4+. The molecule has 2 aromatic rings. The average Bonchev–Trinajstić information content (AvgIpc) is 2.60. The van der Waals surface area contributed by atoms with Crippen LogP contribution in [0.5, 0.6) is 0 Å². The highest BCUT2D eigenvalue weighted by molar-refractivity contribution is 6.30. The lowest BCUT2D eigenvalue weighted by atomic mass is 10.2. The molecule has 0 heterocycles. The Morgan fingerprint density at radius 3 is 2.46 bits per heavy atom. The first-order valence-corrected chi connectivity index (χ1v) is 7.94. The maximum absolute atomic E-state index is 11.8. The van der Waals surface area contributed by atoms with Crippen LogP contribution in [0, 0.1) is 0 Å². The van der Waals surface area contributed by atoms with Gasteiger partial charge in [-0.15, -0.1) is 0 Å². The van der Waals surface area contributed by atoms with Crippen LogP contribution >= 0.6 is 11.6 Å². The van der Waals surface area contributed by atoms with Gasteiger partial charge in [0.05, 0.1) is 6.42 Å². The molecule has 0 atom stereocenters. The third-order valence-corrected chi connectivity index (χ3v) is 3.42. The molecule has 0 saturated carbocycles. The van der Waals surface area contributed by atoms with Crippen LogP contribution < -0.4 is 5.32 Å². The summed E-state index contributed by atoms with van der Waals surface area (Å²) in [5.74, 6) is -0.604. The molecule has 1 N–H and O–H groups in total. The van der Waals surface area contributed by atoms with E-state index in [4.69, 9.17) is 16.3 Å². The molecule has 0 fully saturated rings. The van der Waals surface area contributed by atoms with Crippen LogP contribution in [0.15, 0.2) is 60.7 Å². The number of benzene rings is 2. The zero-order valence-corrected chi connectivity index (χ0v) is 13.8. The van der Waals surface area contributed by atoms with E-state index in [1.807, 2.05) is 36.4 Å². The number of hydrogen-bond donors (Lipinski definition) is 1. The van der Waals surface area contributed by atoms with Gasteiger partial charge in [0, 0.05) is 17.1 Å². The Balaban J connectivity index is 1.63. The van der Waals surface area contributed by atoms with Gasteiger partial charge in [-0.2, -0.15) is 0 Å². The van der Waals surface area contributed by atoms with Gasteiger partial charge < -0.3 is 10.1 Å². The highest BCUT2D eigenvalue weighted by Gasteiger charge is 2.06. The molecule has 0 radical (unpaired) electrons. The highest BCUT2D eigenvalue weighted by Crippen LogP contribution is 2.09. The van der Waals surface area contributed by atoms with Crippen molar-refractivity contribution in [3.63, 3.8) is 0 Å². The van der Waals surface area contributed by atoms with Gasteiger partial charge in [0.15, 0.2) is 0 Å². The molecular weight excluding hydrogens is 326 g/mol. The number of nitrogens with one attached hydrogen (secondary N) is 1. The molecule has 2 rings (SSSR count). The smallest absolute Gasteiger partial charge is 0.307 e. The van der Waals surface area contributed by atoms with Crippen molar-refractivity contribution in [3.8, 4) is 0 Å².